The van der Waals surface area contributed by atoms with Gasteiger partial charge in [-0.1, -0.05) is 29.3 Å². The summed E-state index contributed by atoms with van der Waals surface area (Å²) in [5, 5.41) is 5.07. The van der Waals surface area contributed by atoms with E-state index in [1.807, 2.05) is 6.08 Å². The van der Waals surface area contributed by atoms with Crippen LogP contribution < -0.4 is 10.5 Å². The molecular weight excluding hydrogens is 333 g/mol. The van der Waals surface area contributed by atoms with E-state index in [4.69, 9.17) is 23.2 Å². The van der Waals surface area contributed by atoms with Crippen molar-refractivity contribution in [3.05, 3.63) is 63.5 Å². The molecule has 2 aromatic rings. The molecule has 3 rings (SSSR count). The van der Waals surface area contributed by atoms with Crippen molar-refractivity contribution in [1.82, 2.24) is 9.78 Å². The van der Waals surface area contributed by atoms with E-state index in [1.54, 1.807) is 30.5 Å². The third-order valence-electron chi connectivity index (χ3n) is 4.10. The molecule has 0 bridgehead atoms. The summed E-state index contributed by atoms with van der Waals surface area (Å²) in [4.78, 5) is 14.7. The van der Waals surface area contributed by atoms with Crippen LogP contribution in [0.3, 0.4) is 0 Å². The number of nitrogens with zero attached hydrogens (tertiary/aromatic N) is 3. The number of benzene rings is 1. The summed E-state index contributed by atoms with van der Waals surface area (Å²) in [5.41, 5.74) is 0.970. The Balaban J connectivity index is 2.02. The molecule has 0 amide bonds. The Hall–Kier alpha value is -1.78. The third-order valence-corrected chi connectivity index (χ3v) is 4.71. The molecular formula is C17H17Cl2N3O. The molecule has 1 atom stereocenters. The van der Waals surface area contributed by atoms with Crippen LogP contribution in [0.4, 0.5) is 5.69 Å². The van der Waals surface area contributed by atoms with Gasteiger partial charge in [-0.3, -0.25) is 4.79 Å². The van der Waals surface area contributed by atoms with E-state index in [9.17, 15) is 4.79 Å². The first-order valence-electron chi connectivity index (χ1n) is 7.55. The monoisotopic (exact) mass is 349 g/mol. The van der Waals surface area contributed by atoms with Gasteiger partial charge < -0.3 is 4.90 Å². The number of hydrogen-bond donors (Lipinski definition) is 0. The summed E-state index contributed by atoms with van der Waals surface area (Å²) in [5.74, 6) is 0. The van der Waals surface area contributed by atoms with Gasteiger partial charge in [0.15, 0.2) is 0 Å². The van der Waals surface area contributed by atoms with E-state index in [1.165, 1.54) is 4.68 Å². The van der Waals surface area contributed by atoms with E-state index in [-0.39, 0.29) is 16.6 Å². The summed E-state index contributed by atoms with van der Waals surface area (Å²) in [6, 6.07) is 7.09. The molecule has 1 aromatic heterocycles. The lowest BCUT2D eigenvalue weighted by atomic mass is 10.0. The summed E-state index contributed by atoms with van der Waals surface area (Å²) < 4.78 is 1.29. The summed E-state index contributed by atoms with van der Waals surface area (Å²) in [7, 11) is 0. The van der Waals surface area contributed by atoms with E-state index in [0.29, 0.717) is 16.4 Å². The van der Waals surface area contributed by atoms with Crippen LogP contribution in [-0.2, 0) is 0 Å². The molecule has 1 saturated heterocycles. The zero-order chi connectivity index (χ0) is 16.4. The average molecular weight is 350 g/mol. The average Bonchev–Trinajstić information content (AvgIpc) is 2.58. The summed E-state index contributed by atoms with van der Waals surface area (Å²) >= 11 is 12.2. The van der Waals surface area contributed by atoms with Gasteiger partial charge in [0.2, 0.25) is 0 Å². The molecule has 2 heterocycles. The van der Waals surface area contributed by atoms with Crippen LogP contribution >= 0.6 is 23.2 Å². The largest absolute Gasteiger partial charge is 0.362 e. The van der Waals surface area contributed by atoms with Gasteiger partial charge in [0.1, 0.15) is 5.02 Å². The summed E-state index contributed by atoms with van der Waals surface area (Å²) in [6.45, 7) is 4.73. The zero-order valence-electron chi connectivity index (χ0n) is 12.6. The first kappa shape index (κ1) is 16.1. The Bertz CT molecular complexity index is 770. The number of piperidine rings is 1. The van der Waals surface area contributed by atoms with Crippen molar-refractivity contribution in [3.8, 4) is 5.69 Å². The molecule has 1 aromatic carbocycles. The molecule has 120 valence electrons. The molecule has 0 aliphatic carbocycles. The molecule has 1 unspecified atom stereocenters. The molecule has 1 aliphatic rings. The predicted octanol–water partition coefficient (Wildman–Crippen LogP) is 4.08. The van der Waals surface area contributed by atoms with Gasteiger partial charge in [-0.2, -0.15) is 9.78 Å². The topological polar surface area (TPSA) is 38.1 Å². The second kappa shape index (κ2) is 6.77. The number of aromatic nitrogens is 2. The highest BCUT2D eigenvalue weighted by atomic mass is 35.5. The quantitative estimate of drug-likeness (QED) is 0.783. The van der Waals surface area contributed by atoms with Gasteiger partial charge in [0.25, 0.3) is 5.56 Å². The molecule has 0 spiro atoms. The van der Waals surface area contributed by atoms with Crippen LogP contribution in [0.2, 0.25) is 10.0 Å². The maximum absolute atomic E-state index is 12.6. The van der Waals surface area contributed by atoms with Gasteiger partial charge in [-0.05, 0) is 43.5 Å². The highest BCUT2D eigenvalue weighted by molar-refractivity contribution is 6.33. The summed E-state index contributed by atoms with van der Waals surface area (Å²) in [6.07, 6.45) is 6.79. The van der Waals surface area contributed by atoms with Crippen molar-refractivity contribution in [3.63, 3.8) is 0 Å². The van der Waals surface area contributed by atoms with E-state index < -0.39 is 0 Å². The normalized spacial score (nSPS) is 18.0. The standard InChI is InChI=1S/C17H17Cl2N3O/c1-2-13-5-3-4-10-21(13)15-11-20-22(17(23)16(15)19)14-8-6-12(18)7-9-14/h2,6-9,11,13H,1,3-5,10H2. The second-order valence-corrected chi connectivity index (χ2v) is 6.34. The second-order valence-electron chi connectivity index (χ2n) is 5.53. The van der Waals surface area contributed by atoms with Crippen LogP contribution in [0, 0.1) is 0 Å². The van der Waals surface area contributed by atoms with Gasteiger partial charge in [0.05, 0.1) is 17.6 Å². The molecule has 23 heavy (non-hydrogen) atoms. The lowest BCUT2D eigenvalue weighted by Crippen LogP contribution is -2.39. The van der Waals surface area contributed by atoms with Gasteiger partial charge in [-0.25, -0.2) is 0 Å². The molecule has 0 N–H and O–H groups in total. The molecule has 1 aliphatic heterocycles. The van der Waals surface area contributed by atoms with Crippen molar-refractivity contribution in [2.45, 2.75) is 25.3 Å². The SMILES string of the molecule is C=CC1CCCCN1c1cnn(-c2ccc(Cl)cc2)c(=O)c1Cl. The van der Waals surface area contributed by atoms with Gasteiger partial charge in [-0.15, -0.1) is 6.58 Å². The van der Waals surface area contributed by atoms with Crippen LogP contribution in [0.5, 0.6) is 0 Å². The third kappa shape index (κ3) is 3.14. The van der Waals surface area contributed by atoms with Crippen molar-refractivity contribution in [2.75, 3.05) is 11.4 Å². The van der Waals surface area contributed by atoms with Crippen molar-refractivity contribution in [1.29, 1.82) is 0 Å². The Labute approximate surface area is 144 Å². The Morgan fingerprint density at radius 3 is 2.65 bits per heavy atom. The van der Waals surface area contributed by atoms with Crippen molar-refractivity contribution in [2.24, 2.45) is 0 Å². The number of halogens is 2. The first-order valence-corrected chi connectivity index (χ1v) is 8.30. The maximum Gasteiger partial charge on any atom is 0.292 e. The minimum atomic E-state index is -0.333. The maximum atomic E-state index is 12.6. The van der Waals surface area contributed by atoms with E-state index >= 15 is 0 Å². The fourth-order valence-corrected chi connectivity index (χ4v) is 3.26. The molecule has 6 heteroatoms. The highest BCUT2D eigenvalue weighted by Gasteiger charge is 2.24. The fourth-order valence-electron chi connectivity index (χ4n) is 2.89. The van der Waals surface area contributed by atoms with Crippen LogP contribution in [0.15, 0.2) is 47.9 Å². The number of anilines is 1. The fraction of sp³-hybridized carbons (Fsp3) is 0.294. The van der Waals surface area contributed by atoms with E-state index in [0.717, 1.165) is 25.8 Å². The van der Waals surface area contributed by atoms with Crippen molar-refractivity contribution < 1.29 is 0 Å². The number of hydrogen-bond acceptors (Lipinski definition) is 3. The van der Waals surface area contributed by atoms with Crippen LogP contribution in [0.25, 0.3) is 5.69 Å². The molecule has 0 radical (unpaired) electrons. The Morgan fingerprint density at radius 2 is 1.96 bits per heavy atom. The predicted molar refractivity (Wildman–Crippen MR) is 95.0 cm³/mol. The molecule has 0 saturated carbocycles. The Morgan fingerprint density at radius 1 is 1.22 bits per heavy atom. The highest BCUT2D eigenvalue weighted by Crippen LogP contribution is 2.29. The minimum Gasteiger partial charge on any atom is -0.362 e. The Kier molecular flexibility index (Phi) is 4.74. The van der Waals surface area contributed by atoms with Crippen molar-refractivity contribution >= 4 is 28.9 Å². The lowest BCUT2D eigenvalue weighted by molar-refractivity contribution is 0.513. The lowest BCUT2D eigenvalue weighted by Gasteiger charge is -2.35. The smallest absolute Gasteiger partial charge is 0.292 e. The van der Waals surface area contributed by atoms with Crippen LogP contribution in [-0.4, -0.2) is 22.4 Å². The minimum absolute atomic E-state index is 0.184. The van der Waals surface area contributed by atoms with Crippen LogP contribution in [0.1, 0.15) is 19.3 Å². The first-order chi connectivity index (χ1) is 11.1. The molecule has 1 fully saturated rings. The van der Waals surface area contributed by atoms with E-state index in [2.05, 4.69) is 16.6 Å². The molecule has 4 nitrogen and oxygen atoms in total. The van der Waals surface area contributed by atoms with Gasteiger partial charge >= 0.3 is 0 Å². The number of rotatable bonds is 3. The van der Waals surface area contributed by atoms with Gasteiger partial charge in [0, 0.05) is 17.6 Å². The zero-order valence-corrected chi connectivity index (χ0v) is 14.1.